The van der Waals surface area contributed by atoms with Crippen molar-refractivity contribution in [2.75, 3.05) is 26.2 Å². The zero-order valence-electron chi connectivity index (χ0n) is 15.2. The Bertz CT molecular complexity index is 1000. The Morgan fingerprint density at radius 3 is 2.45 bits per heavy atom. The zero-order chi connectivity index (χ0) is 20.8. The van der Waals surface area contributed by atoms with Crippen molar-refractivity contribution in [2.24, 2.45) is 0 Å². The molecular formula is C16H18ClF3N6O2S. The molecule has 2 fully saturated rings. The highest BCUT2D eigenvalue weighted by molar-refractivity contribution is 7.89. The van der Waals surface area contributed by atoms with Gasteiger partial charge in [-0.15, -0.1) is 5.10 Å². The van der Waals surface area contributed by atoms with Crippen LogP contribution in [0.25, 0.3) is 0 Å². The third kappa shape index (κ3) is 4.25. The fourth-order valence-electron chi connectivity index (χ4n) is 3.28. The third-order valence-electron chi connectivity index (χ3n) is 5.03. The molecule has 1 saturated carbocycles. The number of sulfonamides is 1. The fraction of sp³-hybridized carbons (Fsp3) is 0.562. The monoisotopic (exact) mass is 450 g/mol. The largest absolute Gasteiger partial charge is 0.417 e. The zero-order valence-corrected chi connectivity index (χ0v) is 16.8. The van der Waals surface area contributed by atoms with Gasteiger partial charge in [-0.3, -0.25) is 4.90 Å². The van der Waals surface area contributed by atoms with Crippen molar-refractivity contribution in [2.45, 2.75) is 36.5 Å². The van der Waals surface area contributed by atoms with E-state index < -0.39 is 31.7 Å². The summed E-state index contributed by atoms with van der Waals surface area (Å²) in [5.74, 6) is 0.733. The second-order valence-corrected chi connectivity index (χ2v) is 9.44. The highest BCUT2D eigenvalue weighted by atomic mass is 35.5. The van der Waals surface area contributed by atoms with Crippen LogP contribution in [0.15, 0.2) is 23.1 Å². The average Bonchev–Trinajstić information content (AvgIpc) is 3.41. The number of piperazine rings is 1. The molecule has 2 heterocycles. The second-order valence-electron chi connectivity index (χ2n) is 7.09. The molecule has 1 saturated heterocycles. The number of rotatable bonds is 5. The van der Waals surface area contributed by atoms with Gasteiger partial charge in [-0.05, 0) is 41.5 Å². The maximum Gasteiger partial charge on any atom is 0.417 e. The summed E-state index contributed by atoms with van der Waals surface area (Å²) in [7, 11) is -4.06. The van der Waals surface area contributed by atoms with E-state index in [0.717, 1.165) is 30.8 Å². The standard InChI is InChI=1S/C16H18ClF3N6O2S/c17-14-4-3-12(9-13(14)16(18,19)20)29(27,28)25-7-5-24(6-8-25)10-15-21-22-23-26(15)11-1-2-11/h3-4,9,11H,1-2,5-8,10H2. The number of benzene rings is 1. The first-order valence-electron chi connectivity index (χ1n) is 9.02. The maximum atomic E-state index is 13.1. The number of hydrogen-bond donors (Lipinski definition) is 0. The molecule has 0 spiro atoms. The molecule has 0 amide bonds. The average molecular weight is 451 g/mol. The van der Waals surface area contributed by atoms with Crippen LogP contribution in [-0.2, 0) is 22.7 Å². The molecule has 158 valence electrons. The summed E-state index contributed by atoms with van der Waals surface area (Å²) in [4.78, 5) is 1.61. The van der Waals surface area contributed by atoms with Crippen LogP contribution in [0, 0.1) is 0 Å². The van der Waals surface area contributed by atoms with Crippen LogP contribution in [0.3, 0.4) is 0 Å². The smallest absolute Gasteiger partial charge is 0.293 e. The van der Waals surface area contributed by atoms with Crippen molar-refractivity contribution in [3.8, 4) is 0 Å². The van der Waals surface area contributed by atoms with Gasteiger partial charge in [0, 0.05) is 26.2 Å². The lowest BCUT2D eigenvalue weighted by Gasteiger charge is -2.33. The van der Waals surface area contributed by atoms with Gasteiger partial charge in [0.1, 0.15) is 0 Å². The molecule has 2 aliphatic rings. The Morgan fingerprint density at radius 1 is 1.14 bits per heavy atom. The first-order chi connectivity index (χ1) is 13.7. The van der Waals surface area contributed by atoms with E-state index in [1.165, 1.54) is 4.31 Å². The van der Waals surface area contributed by atoms with Crippen LogP contribution in [0.5, 0.6) is 0 Å². The minimum Gasteiger partial charge on any atom is -0.293 e. The topological polar surface area (TPSA) is 84.2 Å². The Hall–Kier alpha value is -1.76. The van der Waals surface area contributed by atoms with Crippen molar-refractivity contribution in [1.82, 2.24) is 29.4 Å². The van der Waals surface area contributed by atoms with Crippen LogP contribution in [0.1, 0.15) is 30.3 Å². The number of tetrazole rings is 1. The quantitative estimate of drug-likeness (QED) is 0.694. The number of aromatic nitrogens is 4. The van der Waals surface area contributed by atoms with Gasteiger partial charge in [0.25, 0.3) is 0 Å². The van der Waals surface area contributed by atoms with Gasteiger partial charge in [0.05, 0.1) is 28.1 Å². The molecule has 0 unspecified atom stereocenters. The molecule has 0 atom stereocenters. The van der Waals surface area contributed by atoms with E-state index in [1.54, 1.807) is 4.68 Å². The summed E-state index contributed by atoms with van der Waals surface area (Å²) in [5, 5.41) is 11.2. The molecule has 4 rings (SSSR count). The molecule has 29 heavy (non-hydrogen) atoms. The molecule has 1 aliphatic heterocycles. The summed E-state index contributed by atoms with van der Waals surface area (Å²) < 4.78 is 67.8. The van der Waals surface area contributed by atoms with Gasteiger partial charge in [-0.1, -0.05) is 11.6 Å². The van der Waals surface area contributed by atoms with Gasteiger partial charge in [0.15, 0.2) is 5.82 Å². The van der Waals surface area contributed by atoms with Gasteiger partial charge in [-0.2, -0.15) is 17.5 Å². The summed E-state index contributed by atoms with van der Waals surface area (Å²) in [6, 6.07) is 3.00. The highest BCUT2D eigenvalue weighted by Gasteiger charge is 2.36. The first-order valence-corrected chi connectivity index (χ1v) is 10.8. The molecule has 1 aromatic carbocycles. The number of alkyl halides is 3. The van der Waals surface area contributed by atoms with Gasteiger partial charge < -0.3 is 0 Å². The van der Waals surface area contributed by atoms with Crippen molar-refractivity contribution >= 4 is 21.6 Å². The molecule has 2 aromatic rings. The maximum absolute atomic E-state index is 13.1. The van der Waals surface area contributed by atoms with E-state index in [2.05, 4.69) is 15.5 Å². The van der Waals surface area contributed by atoms with Crippen LogP contribution < -0.4 is 0 Å². The number of halogens is 4. The van der Waals surface area contributed by atoms with E-state index in [-0.39, 0.29) is 13.1 Å². The molecular weight excluding hydrogens is 433 g/mol. The van der Waals surface area contributed by atoms with Crippen molar-refractivity contribution in [1.29, 1.82) is 0 Å². The van der Waals surface area contributed by atoms with Crippen LogP contribution >= 0.6 is 11.6 Å². The van der Waals surface area contributed by atoms with Crippen LogP contribution in [0.2, 0.25) is 5.02 Å². The van der Waals surface area contributed by atoms with Crippen molar-refractivity contribution in [3.05, 3.63) is 34.6 Å². The lowest BCUT2D eigenvalue weighted by atomic mass is 10.2. The predicted octanol–water partition coefficient (Wildman–Crippen LogP) is 2.19. The van der Waals surface area contributed by atoms with E-state index in [1.807, 2.05) is 4.90 Å². The van der Waals surface area contributed by atoms with Gasteiger partial charge in [-0.25, -0.2) is 13.1 Å². The lowest BCUT2D eigenvalue weighted by Crippen LogP contribution is -2.48. The SMILES string of the molecule is O=S(=O)(c1ccc(Cl)c(C(F)(F)F)c1)N1CCN(Cc2nnnn2C2CC2)CC1. The summed E-state index contributed by atoms with van der Waals surface area (Å²) >= 11 is 5.59. The first kappa shape index (κ1) is 20.5. The summed E-state index contributed by atoms with van der Waals surface area (Å²) in [6.07, 6.45) is -2.64. The molecule has 0 bridgehead atoms. The highest BCUT2D eigenvalue weighted by Crippen LogP contribution is 2.37. The Morgan fingerprint density at radius 2 is 1.83 bits per heavy atom. The minimum atomic E-state index is -4.73. The van der Waals surface area contributed by atoms with Crippen LogP contribution in [0.4, 0.5) is 13.2 Å². The Labute approximate surface area is 170 Å². The van der Waals surface area contributed by atoms with E-state index in [0.29, 0.717) is 31.7 Å². The van der Waals surface area contributed by atoms with Gasteiger partial charge in [0.2, 0.25) is 10.0 Å². The van der Waals surface area contributed by atoms with E-state index >= 15 is 0 Å². The second kappa shape index (κ2) is 7.49. The molecule has 8 nitrogen and oxygen atoms in total. The lowest BCUT2D eigenvalue weighted by molar-refractivity contribution is -0.137. The van der Waals surface area contributed by atoms with Crippen molar-refractivity contribution < 1.29 is 21.6 Å². The molecule has 0 radical (unpaired) electrons. The van der Waals surface area contributed by atoms with Gasteiger partial charge >= 0.3 is 6.18 Å². The normalized spacial score (nSPS) is 19.6. The van der Waals surface area contributed by atoms with Crippen molar-refractivity contribution in [3.63, 3.8) is 0 Å². The fourth-order valence-corrected chi connectivity index (χ4v) is 4.95. The van der Waals surface area contributed by atoms with E-state index in [4.69, 9.17) is 11.6 Å². The number of hydrogen-bond acceptors (Lipinski definition) is 6. The molecule has 1 aromatic heterocycles. The third-order valence-corrected chi connectivity index (χ3v) is 7.26. The summed E-state index contributed by atoms with van der Waals surface area (Å²) in [6.45, 7) is 1.68. The number of nitrogens with zero attached hydrogens (tertiary/aromatic N) is 6. The molecule has 0 N–H and O–H groups in total. The van der Waals surface area contributed by atoms with Crippen LogP contribution in [-0.4, -0.2) is 64.0 Å². The molecule has 1 aliphatic carbocycles. The van der Waals surface area contributed by atoms with E-state index in [9.17, 15) is 21.6 Å². The minimum absolute atomic E-state index is 0.164. The summed E-state index contributed by atoms with van der Waals surface area (Å²) in [5.41, 5.74) is -1.16. The Balaban J connectivity index is 1.44. The predicted molar refractivity (Wildman–Crippen MR) is 96.6 cm³/mol. The molecule has 13 heteroatoms. The Kier molecular flexibility index (Phi) is 5.30.